The number of halogens is 1. The molecule has 0 radical (unpaired) electrons. The molecule has 2 aromatic carbocycles. The van der Waals surface area contributed by atoms with Crippen LogP contribution in [0.1, 0.15) is 27.7 Å². The third-order valence-electron chi connectivity index (χ3n) is 3.50. The summed E-state index contributed by atoms with van der Waals surface area (Å²) < 4.78 is 38.4. The Morgan fingerprint density at radius 1 is 1.07 bits per heavy atom. The van der Waals surface area contributed by atoms with Crippen LogP contribution in [0.4, 0.5) is 5.69 Å². The standard InChI is InChI=1S/C20H25ClN2O5S/c1-5-27-15-8-6-14(7-9-15)23-29(25,26)16-10-11-18(17(21)12-16)28-13-19(24)22-20(2,3)4/h6-12,23H,5,13H2,1-4H3,(H,22,24). The molecule has 0 aromatic heterocycles. The van der Waals surface area contributed by atoms with Gasteiger partial charge in [0, 0.05) is 11.2 Å². The number of ether oxygens (including phenoxy) is 2. The number of carbonyl (C=O) groups excluding carboxylic acids is 1. The van der Waals surface area contributed by atoms with Crippen molar-refractivity contribution in [3.63, 3.8) is 0 Å². The van der Waals surface area contributed by atoms with Crippen LogP contribution >= 0.6 is 11.6 Å². The molecule has 0 aliphatic heterocycles. The molecular formula is C20H25ClN2O5S. The van der Waals surface area contributed by atoms with Crippen molar-refractivity contribution in [1.82, 2.24) is 5.32 Å². The van der Waals surface area contributed by atoms with E-state index in [4.69, 9.17) is 21.1 Å². The van der Waals surface area contributed by atoms with Gasteiger partial charge >= 0.3 is 0 Å². The summed E-state index contributed by atoms with van der Waals surface area (Å²) in [6, 6.07) is 10.6. The molecule has 0 spiro atoms. The lowest BCUT2D eigenvalue weighted by molar-refractivity contribution is -0.124. The molecule has 9 heteroatoms. The molecule has 0 saturated carbocycles. The van der Waals surface area contributed by atoms with Gasteiger partial charge in [0.25, 0.3) is 15.9 Å². The molecule has 2 rings (SSSR count). The highest BCUT2D eigenvalue weighted by Crippen LogP contribution is 2.28. The van der Waals surface area contributed by atoms with Gasteiger partial charge in [-0.15, -0.1) is 0 Å². The van der Waals surface area contributed by atoms with Crippen LogP contribution in [0.25, 0.3) is 0 Å². The number of amides is 1. The number of hydrogen-bond donors (Lipinski definition) is 2. The molecule has 1 amide bonds. The number of hydrogen-bond acceptors (Lipinski definition) is 5. The number of carbonyl (C=O) groups is 1. The van der Waals surface area contributed by atoms with Gasteiger partial charge in [-0.25, -0.2) is 8.42 Å². The molecule has 0 unspecified atom stereocenters. The second kappa shape index (κ2) is 9.37. The number of sulfonamides is 1. The van der Waals surface area contributed by atoms with E-state index >= 15 is 0 Å². The Morgan fingerprint density at radius 2 is 1.72 bits per heavy atom. The zero-order valence-corrected chi connectivity index (χ0v) is 18.4. The minimum absolute atomic E-state index is 0.0251. The topological polar surface area (TPSA) is 93.7 Å². The third kappa shape index (κ3) is 7.14. The van der Waals surface area contributed by atoms with Gasteiger partial charge in [0.2, 0.25) is 0 Å². The summed E-state index contributed by atoms with van der Waals surface area (Å²) in [7, 11) is -3.84. The van der Waals surface area contributed by atoms with E-state index in [0.29, 0.717) is 18.0 Å². The van der Waals surface area contributed by atoms with E-state index in [9.17, 15) is 13.2 Å². The predicted octanol–water partition coefficient (Wildman–Crippen LogP) is 3.83. The van der Waals surface area contributed by atoms with E-state index in [0.717, 1.165) is 0 Å². The van der Waals surface area contributed by atoms with Crippen LogP contribution in [0.2, 0.25) is 5.02 Å². The normalized spacial score (nSPS) is 11.6. The van der Waals surface area contributed by atoms with Crippen LogP contribution in [-0.2, 0) is 14.8 Å². The van der Waals surface area contributed by atoms with Crippen molar-refractivity contribution in [2.75, 3.05) is 17.9 Å². The molecule has 0 aliphatic rings. The van der Waals surface area contributed by atoms with Crippen molar-refractivity contribution < 1.29 is 22.7 Å². The van der Waals surface area contributed by atoms with E-state index in [1.54, 1.807) is 24.3 Å². The van der Waals surface area contributed by atoms with Crippen molar-refractivity contribution >= 4 is 33.2 Å². The highest BCUT2D eigenvalue weighted by Gasteiger charge is 2.18. The van der Waals surface area contributed by atoms with Gasteiger partial charge < -0.3 is 14.8 Å². The average Bonchev–Trinajstić information content (AvgIpc) is 2.61. The smallest absolute Gasteiger partial charge is 0.261 e. The van der Waals surface area contributed by atoms with E-state index in [2.05, 4.69) is 10.0 Å². The van der Waals surface area contributed by atoms with Crippen molar-refractivity contribution in [2.45, 2.75) is 38.1 Å². The van der Waals surface area contributed by atoms with Crippen LogP contribution in [0.5, 0.6) is 11.5 Å². The average molecular weight is 441 g/mol. The molecule has 7 nitrogen and oxygen atoms in total. The van der Waals surface area contributed by atoms with E-state index in [1.807, 2.05) is 27.7 Å². The largest absolute Gasteiger partial charge is 0.494 e. The zero-order valence-electron chi connectivity index (χ0n) is 16.8. The van der Waals surface area contributed by atoms with Gasteiger partial charge in [-0.2, -0.15) is 0 Å². The molecular weight excluding hydrogens is 416 g/mol. The summed E-state index contributed by atoms with van der Waals surface area (Å²) in [4.78, 5) is 11.8. The molecule has 0 saturated heterocycles. The summed E-state index contributed by atoms with van der Waals surface area (Å²) in [6.07, 6.45) is 0. The molecule has 2 N–H and O–H groups in total. The summed E-state index contributed by atoms with van der Waals surface area (Å²) in [6.45, 7) is 7.73. The lowest BCUT2D eigenvalue weighted by Crippen LogP contribution is -2.43. The van der Waals surface area contributed by atoms with E-state index < -0.39 is 10.0 Å². The molecule has 29 heavy (non-hydrogen) atoms. The Balaban J connectivity index is 2.06. The van der Waals surface area contributed by atoms with Crippen LogP contribution < -0.4 is 19.5 Å². The monoisotopic (exact) mass is 440 g/mol. The van der Waals surface area contributed by atoms with Crippen molar-refractivity contribution in [1.29, 1.82) is 0 Å². The fourth-order valence-corrected chi connectivity index (χ4v) is 3.75. The first-order valence-electron chi connectivity index (χ1n) is 8.99. The number of rotatable bonds is 8. The van der Waals surface area contributed by atoms with Gasteiger partial charge in [-0.05, 0) is 70.2 Å². The van der Waals surface area contributed by atoms with Crippen molar-refractivity contribution in [3.8, 4) is 11.5 Å². The van der Waals surface area contributed by atoms with Gasteiger partial charge in [-0.1, -0.05) is 11.6 Å². The first kappa shape index (κ1) is 22.8. The minimum atomic E-state index is -3.84. The first-order chi connectivity index (χ1) is 13.5. The Labute approximate surface area is 176 Å². The molecule has 2 aromatic rings. The van der Waals surface area contributed by atoms with Gasteiger partial charge in [0.05, 0.1) is 16.5 Å². The Morgan fingerprint density at radius 3 is 2.28 bits per heavy atom. The Kier molecular flexibility index (Phi) is 7.37. The maximum absolute atomic E-state index is 12.6. The van der Waals surface area contributed by atoms with Gasteiger partial charge in [0.15, 0.2) is 6.61 Å². The highest BCUT2D eigenvalue weighted by molar-refractivity contribution is 7.92. The Bertz CT molecular complexity index is 954. The van der Waals surface area contributed by atoms with E-state index in [1.165, 1.54) is 18.2 Å². The lowest BCUT2D eigenvalue weighted by Gasteiger charge is -2.20. The summed E-state index contributed by atoms with van der Waals surface area (Å²) in [5.74, 6) is 0.564. The molecule has 158 valence electrons. The van der Waals surface area contributed by atoms with Crippen molar-refractivity contribution in [3.05, 3.63) is 47.5 Å². The van der Waals surface area contributed by atoms with Crippen molar-refractivity contribution in [2.24, 2.45) is 0 Å². The third-order valence-corrected chi connectivity index (χ3v) is 5.18. The fraction of sp³-hybridized carbons (Fsp3) is 0.350. The second-order valence-electron chi connectivity index (χ2n) is 7.24. The molecule has 0 heterocycles. The maximum atomic E-state index is 12.6. The van der Waals surface area contributed by atoms with Crippen LogP contribution in [0.3, 0.4) is 0 Å². The first-order valence-corrected chi connectivity index (χ1v) is 10.9. The molecule has 0 fully saturated rings. The number of benzene rings is 2. The number of anilines is 1. The molecule has 0 atom stereocenters. The van der Waals surface area contributed by atoms with Crippen LogP contribution in [0, 0.1) is 0 Å². The van der Waals surface area contributed by atoms with Gasteiger partial charge in [-0.3, -0.25) is 9.52 Å². The summed E-state index contributed by atoms with van der Waals surface area (Å²) >= 11 is 6.15. The highest BCUT2D eigenvalue weighted by atomic mass is 35.5. The van der Waals surface area contributed by atoms with Crippen LogP contribution in [-0.4, -0.2) is 33.1 Å². The molecule has 0 bridgehead atoms. The summed E-state index contributed by atoms with van der Waals surface area (Å²) in [5, 5.41) is 2.85. The SMILES string of the molecule is CCOc1ccc(NS(=O)(=O)c2ccc(OCC(=O)NC(C)(C)C)c(Cl)c2)cc1. The number of nitrogens with one attached hydrogen (secondary N) is 2. The maximum Gasteiger partial charge on any atom is 0.261 e. The Hall–Kier alpha value is -2.45. The van der Waals surface area contributed by atoms with E-state index in [-0.39, 0.29) is 33.7 Å². The van der Waals surface area contributed by atoms with Gasteiger partial charge in [0.1, 0.15) is 11.5 Å². The minimum Gasteiger partial charge on any atom is -0.494 e. The second-order valence-corrected chi connectivity index (χ2v) is 9.33. The lowest BCUT2D eigenvalue weighted by atomic mass is 10.1. The summed E-state index contributed by atoms with van der Waals surface area (Å²) in [5.41, 5.74) is 0.0121. The fourth-order valence-electron chi connectivity index (χ4n) is 2.36. The predicted molar refractivity (Wildman–Crippen MR) is 113 cm³/mol. The van der Waals surface area contributed by atoms with Crippen LogP contribution in [0.15, 0.2) is 47.4 Å². The quantitative estimate of drug-likeness (QED) is 0.650. The molecule has 0 aliphatic carbocycles. The zero-order chi connectivity index (χ0) is 21.7.